The third-order valence-corrected chi connectivity index (χ3v) is 1.77. The molecule has 1 aromatic rings. The summed E-state index contributed by atoms with van der Waals surface area (Å²) in [6.07, 6.45) is 4.38. The standard InChI is InChI=1S/C9H12N2O2/c10-9(13)8-3-4-11-6-7(8)2-1-5-12/h3-4,6,12H,1-2,5H2,(H2,10,13). The van der Waals surface area contributed by atoms with Gasteiger partial charge in [-0.1, -0.05) is 0 Å². The van der Waals surface area contributed by atoms with E-state index >= 15 is 0 Å². The summed E-state index contributed by atoms with van der Waals surface area (Å²) < 4.78 is 0. The van der Waals surface area contributed by atoms with Gasteiger partial charge in [0.15, 0.2) is 0 Å². The monoisotopic (exact) mass is 180 g/mol. The average molecular weight is 180 g/mol. The number of hydrogen-bond acceptors (Lipinski definition) is 3. The summed E-state index contributed by atoms with van der Waals surface area (Å²) in [7, 11) is 0. The maximum absolute atomic E-state index is 10.9. The van der Waals surface area contributed by atoms with Crippen molar-refractivity contribution in [2.75, 3.05) is 6.61 Å². The fraction of sp³-hybridized carbons (Fsp3) is 0.333. The number of nitrogens with two attached hydrogens (primary N) is 1. The normalized spacial score (nSPS) is 9.92. The fourth-order valence-electron chi connectivity index (χ4n) is 1.14. The molecular weight excluding hydrogens is 168 g/mol. The van der Waals surface area contributed by atoms with Crippen LogP contribution in [0, 0.1) is 0 Å². The Labute approximate surface area is 76.4 Å². The Hall–Kier alpha value is -1.42. The van der Waals surface area contributed by atoms with E-state index in [1.54, 1.807) is 12.3 Å². The average Bonchev–Trinajstić information content (AvgIpc) is 2.15. The first-order valence-corrected chi connectivity index (χ1v) is 4.09. The van der Waals surface area contributed by atoms with Gasteiger partial charge in [-0.3, -0.25) is 9.78 Å². The maximum Gasteiger partial charge on any atom is 0.249 e. The molecule has 0 saturated carbocycles. The minimum atomic E-state index is -0.449. The molecule has 0 spiro atoms. The van der Waals surface area contributed by atoms with Crippen molar-refractivity contribution in [2.45, 2.75) is 12.8 Å². The summed E-state index contributed by atoms with van der Waals surface area (Å²) in [5, 5.41) is 8.62. The van der Waals surface area contributed by atoms with E-state index < -0.39 is 5.91 Å². The van der Waals surface area contributed by atoms with Crippen LogP contribution in [0.3, 0.4) is 0 Å². The van der Waals surface area contributed by atoms with Gasteiger partial charge in [-0.2, -0.15) is 0 Å². The molecule has 1 amide bonds. The number of carbonyl (C=O) groups is 1. The second kappa shape index (κ2) is 4.57. The molecule has 0 unspecified atom stereocenters. The number of pyridine rings is 1. The number of aliphatic hydroxyl groups excluding tert-OH is 1. The molecule has 1 heterocycles. The molecule has 0 radical (unpaired) electrons. The third kappa shape index (κ3) is 2.52. The van der Waals surface area contributed by atoms with Crippen LogP contribution in [0.5, 0.6) is 0 Å². The first-order valence-electron chi connectivity index (χ1n) is 4.09. The molecule has 0 aliphatic heterocycles. The zero-order valence-electron chi connectivity index (χ0n) is 7.23. The quantitative estimate of drug-likeness (QED) is 0.690. The van der Waals surface area contributed by atoms with Crippen LogP contribution >= 0.6 is 0 Å². The van der Waals surface area contributed by atoms with Crippen LogP contribution in [0.1, 0.15) is 22.3 Å². The Morgan fingerprint density at radius 1 is 1.62 bits per heavy atom. The van der Waals surface area contributed by atoms with Crippen LogP contribution < -0.4 is 5.73 Å². The Morgan fingerprint density at radius 3 is 3.00 bits per heavy atom. The third-order valence-electron chi connectivity index (χ3n) is 1.77. The van der Waals surface area contributed by atoms with Crippen LogP contribution in [-0.4, -0.2) is 22.6 Å². The minimum absolute atomic E-state index is 0.104. The highest BCUT2D eigenvalue weighted by Crippen LogP contribution is 2.08. The van der Waals surface area contributed by atoms with Gasteiger partial charge in [-0.05, 0) is 24.5 Å². The Morgan fingerprint density at radius 2 is 2.38 bits per heavy atom. The first kappa shape index (κ1) is 9.67. The van der Waals surface area contributed by atoms with Gasteiger partial charge in [-0.15, -0.1) is 0 Å². The number of hydrogen-bond donors (Lipinski definition) is 2. The Kier molecular flexibility index (Phi) is 3.40. The molecule has 0 aliphatic rings. The maximum atomic E-state index is 10.9. The molecule has 0 aromatic carbocycles. The smallest absolute Gasteiger partial charge is 0.249 e. The number of amides is 1. The second-order valence-corrected chi connectivity index (χ2v) is 2.72. The summed E-state index contributed by atoms with van der Waals surface area (Å²) in [5.74, 6) is -0.449. The van der Waals surface area contributed by atoms with Crippen molar-refractivity contribution in [1.82, 2.24) is 4.98 Å². The molecule has 4 nitrogen and oxygen atoms in total. The topological polar surface area (TPSA) is 76.2 Å². The predicted molar refractivity (Wildman–Crippen MR) is 48.2 cm³/mol. The van der Waals surface area contributed by atoms with E-state index in [1.165, 1.54) is 6.20 Å². The van der Waals surface area contributed by atoms with Crippen LogP contribution in [0.4, 0.5) is 0 Å². The summed E-state index contributed by atoms with van der Waals surface area (Å²) >= 11 is 0. The van der Waals surface area contributed by atoms with Gasteiger partial charge < -0.3 is 10.8 Å². The minimum Gasteiger partial charge on any atom is -0.396 e. The number of carbonyl (C=O) groups excluding carboxylic acids is 1. The lowest BCUT2D eigenvalue weighted by molar-refractivity contribution is 0.0999. The van der Waals surface area contributed by atoms with E-state index in [-0.39, 0.29) is 6.61 Å². The van der Waals surface area contributed by atoms with E-state index in [0.717, 1.165) is 5.56 Å². The largest absolute Gasteiger partial charge is 0.396 e. The van der Waals surface area contributed by atoms with Gasteiger partial charge in [0.25, 0.3) is 0 Å². The number of rotatable bonds is 4. The second-order valence-electron chi connectivity index (χ2n) is 2.72. The summed E-state index contributed by atoms with van der Waals surface area (Å²) in [4.78, 5) is 14.8. The van der Waals surface area contributed by atoms with Gasteiger partial charge in [0, 0.05) is 24.6 Å². The van der Waals surface area contributed by atoms with E-state index in [2.05, 4.69) is 4.98 Å². The molecule has 70 valence electrons. The van der Waals surface area contributed by atoms with Gasteiger partial charge in [0.05, 0.1) is 0 Å². The molecule has 3 N–H and O–H groups in total. The molecule has 1 rings (SSSR count). The van der Waals surface area contributed by atoms with E-state index in [9.17, 15) is 4.79 Å². The molecular formula is C9H12N2O2. The molecule has 0 fully saturated rings. The Bertz CT molecular complexity index is 299. The van der Waals surface area contributed by atoms with Crippen molar-refractivity contribution < 1.29 is 9.90 Å². The van der Waals surface area contributed by atoms with E-state index in [4.69, 9.17) is 10.8 Å². The number of aliphatic hydroxyl groups is 1. The van der Waals surface area contributed by atoms with E-state index in [0.29, 0.717) is 18.4 Å². The van der Waals surface area contributed by atoms with Gasteiger partial charge in [0.1, 0.15) is 0 Å². The van der Waals surface area contributed by atoms with E-state index in [1.807, 2.05) is 0 Å². The molecule has 13 heavy (non-hydrogen) atoms. The zero-order chi connectivity index (χ0) is 9.68. The summed E-state index contributed by atoms with van der Waals surface area (Å²) in [6.45, 7) is 0.104. The van der Waals surface area contributed by atoms with Crippen molar-refractivity contribution in [3.05, 3.63) is 29.6 Å². The summed E-state index contributed by atoms with van der Waals surface area (Å²) in [6, 6.07) is 1.59. The van der Waals surface area contributed by atoms with Crippen molar-refractivity contribution in [3.8, 4) is 0 Å². The predicted octanol–water partition coefficient (Wildman–Crippen LogP) is 0.105. The number of aromatic nitrogens is 1. The van der Waals surface area contributed by atoms with Crippen LogP contribution in [0.2, 0.25) is 0 Å². The van der Waals surface area contributed by atoms with Crippen molar-refractivity contribution >= 4 is 5.91 Å². The van der Waals surface area contributed by atoms with Crippen LogP contribution in [0.25, 0.3) is 0 Å². The lowest BCUT2D eigenvalue weighted by atomic mass is 10.1. The molecule has 1 aromatic heterocycles. The fourth-order valence-corrected chi connectivity index (χ4v) is 1.14. The van der Waals surface area contributed by atoms with Crippen molar-refractivity contribution in [2.24, 2.45) is 5.73 Å². The van der Waals surface area contributed by atoms with Crippen LogP contribution in [0.15, 0.2) is 18.5 Å². The first-order chi connectivity index (χ1) is 6.25. The molecule has 4 heteroatoms. The zero-order valence-corrected chi connectivity index (χ0v) is 7.23. The highest BCUT2D eigenvalue weighted by Gasteiger charge is 2.06. The number of aryl methyl sites for hydroxylation is 1. The van der Waals surface area contributed by atoms with Gasteiger partial charge in [-0.25, -0.2) is 0 Å². The summed E-state index contributed by atoms with van der Waals surface area (Å²) in [5.41, 5.74) is 6.44. The molecule has 0 bridgehead atoms. The SMILES string of the molecule is NC(=O)c1ccncc1CCCO. The van der Waals surface area contributed by atoms with Gasteiger partial charge >= 0.3 is 0 Å². The lowest BCUT2D eigenvalue weighted by Gasteiger charge is -2.03. The van der Waals surface area contributed by atoms with Crippen LogP contribution in [-0.2, 0) is 6.42 Å². The molecule has 0 aliphatic carbocycles. The lowest BCUT2D eigenvalue weighted by Crippen LogP contribution is -2.14. The number of primary amides is 1. The van der Waals surface area contributed by atoms with Crippen molar-refractivity contribution in [3.63, 3.8) is 0 Å². The Balaban J connectivity index is 2.84. The highest BCUT2D eigenvalue weighted by molar-refractivity contribution is 5.94. The molecule has 0 saturated heterocycles. The molecule has 0 atom stereocenters. The van der Waals surface area contributed by atoms with Crippen molar-refractivity contribution in [1.29, 1.82) is 0 Å². The highest BCUT2D eigenvalue weighted by atomic mass is 16.2. The number of nitrogens with zero attached hydrogens (tertiary/aromatic N) is 1. The van der Waals surface area contributed by atoms with Gasteiger partial charge in [0.2, 0.25) is 5.91 Å².